The smallest absolute Gasteiger partial charge is 0.223 e. The first kappa shape index (κ1) is 11.6. The summed E-state index contributed by atoms with van der Waals surface area (Å²) in [5.41, 5.74) is 0. The molecule has 0 amide bonds. The molecule has 2 aromatic rings. The number of nitrogens with one attached hydrogen (secondary N) is 1. The average molecular weight is 283 g/mol. The second-order valence-electron chi connectivity index (χ2n) is 4.07. The Balaban J connectivity index is 1.55. The predicted molar refractivity (Wildman–Crippen MR) is 71.3 cm³/mol. The van der Waals surface area contributed by atoms with Crippen molar-refractivity contribution < 1.29 is 0 Å². The van der Waals surface area contributed by atoms with Gasteiger partial charge in [-0.25, -0.2) is 9.97 Å². The van der Waals surface area contributed by atoms with Crippen molar-refractivity contribution in [2.24, 2.45) is 0 Å². The molecular formula is C10H11ClN6S. The molecule has 8 heteroatoms. The first-order chi connectivity index (χ1) is 8.70. The highest BCUT2D eigenvalue weighted by molar-refractivity contribution is 7.15. The van der Waals surface area contributed by atoms with Gasteiger partial charge in [-0.1, -0.05) is 22.9 Å². The lowest BCUT2D eigenvalue weighted by molar-refractivity contribution is 0.544. The molecule has 3 heterocycles. The van der Waals surface area contributed by atoms with Gasteiger partial charge < -0.3 is 10.2 Å². The summed E-state index contributed by atoms with van der Waals surface area (Å²) in [6.45, 7) is 3.74. The van der Waals surface area contributed by atoms with Gasteiger partial charge in [0.2, 0.25) is 11.1 Å². The van der Waals surface area contributed by atoms with Gasteiger partial charge in [0.1, 0.15) is 5.01 Å². The van der Waals surface area contributed by atoms with Gasteiger partial charge in [0.05, 0.1) is 23.5 Å². The molecule has 0 unspecified atom stereocenters. The normalized spacial score (nSPS) is 15.6. The molecular weight excluding hydrogens is 272 g/mol. The molecule has 1 saturated heterocycles. The Kier molecular flexibility index (Phi) is 3.00. The minimum absolute atomic E-state index is 0.343. The molecule has 0 atom stereocenters. The molecule has 0 bridgehead atoms. The van der Waals surface area contributed by atoms with E-state index in [1.807, 2.05) is 6.92 Å². The highest BCUT2D eigenvalue weighted by atomic mass is 35.5. The van der Waals surface area contributed by atoms with Crippen LogP contribution in [0.15, 0.2) is 12.4 Å². The third kappa shape index (κ3) is 2.37. The van der Waals surface area contributed by atoms with Gasteiger partial charge in [0, 0.05) is 13.1 Å². The van der Waals surface area contributed by atoms with Gasteiger partial charge in [-0.3, -0.25) is 0 Å². The monoisotopic (exact) mass is 282 g/mol. The fourth-order valence-electron chi connectivity index (χ4n) is 1.71. The Hall–Kier alpha value is -1.47. The lowest BCUT2D eigenvalue weighted by Gasteiger charge is -2.38. The summed E-state index contributed by atoms with van der Waals surface area (Å²) in [7, 11) is 0. The van der Waals surface area contributed by atoms with Gasteiger partial charge in [-0.2, -0.15) is 0 Å². The Morgan fingerprint density at radius 1 is 1.33 bits per heavy atom. The van der Waals surface area contributed by atoms with E-state index in [9.17, 15) is 0 Å². The summed E-state index contributed by atoms with van der Waals surface area (Å²) in [5.74, 6) is 0.609. The topological polar surface area (TPSA) is 66.8 Å². The molecule has 18 heavy (non-hydrogen) atoms. The van der Waals surface area contributed by atoms with E-state index in [1.54, 1.807) is 23.7 Å². The maximum atomic E-state index is 5.73. The summed E-state index contributed by atoms with van der Waals surface area (Å²) in [6, 6.07) is 0.343. The van der Waals surface area contributed by atoms with Crippen LogP contribution in [0.25, 0.3) is 0 Å². The van der Waals surface area contributed by atoms with E-state index in [1.165, 1.54) is 0 Å². The van der Waals surface area contributed by atoms with Crippen LogP contribution >= 0.6 is 22.9 Å². The molecule has 1 aliphatic heterocycles. The third-order valence-corrected chi connectivity index (χ3v) is 3.72. The van der Waals surface area contributed by atoms with Crippen LogP contribution in [0.5, 0.6) is 0 Å². The molecule has 2 aromatic heterocycles. The van der Waals surface area contributed by atoms with Crippen molar-refractivity contribution in [3.63, 3.8) is 0 Å². The van der Waals surface area contributed by atoms with Gasteiger partial charge in [0.25, 0.3) is 0 Å². The maximum absolute atomic E-state index is 5.73. The van der Waals surface area contributed by atoms with E-state index >= 15 is 0 Å². The second-order valence-corrected chi connectivity index (χ2v) is 5.67. The molecule has 0 aromatic carbocycles. The summed E-state index contributed by atoms with van der Waals surface area (Å²) in [5, 5.41) is 13.9. The number of rotatable bonds is 3. The largest absolute Gasteiger partial charge is 0.348 e. The highest BCUT2D eigenvalue weighted by Gasteiger charge is 2.29. The second kappa shape index (κ2) is 4.66. The van der Waals surface area contributed by atoms with E-state index in [2.05, 4.69) is 30.4 Å². The van der Waals surface area contributed by atoms with E-state index in [4.69, 9.17) is 11.6 Å². The van der Waals surface area contributed by atoms with Crippen LogP contribution in [0.1, 0.15) is 5.01 Å². The predicted octanol–water partition coefficient (Wildman–Crippen LogP) is 1.59. The standard InChI is InChI=1S/C10H11ClN6S/c1-6-15-16-10(18-6)17-4-8(5-17)14-9-12-2-7(11)3-13-9/h2-3,8H,4-5H2,1H3,(H,12,13,14). The van der Waals surface area contributed by atoms with Crippen molar-refractivity contribution in [1.29, 1.82) is 0 Å². The number of anilines is 2. The summed E-state index contributed by atoms with van der Waals surface area (Å²) < 4.78 is 0. The Labute approximate surface area is 113 Å². The fourth-order valence-corrected chi connectivity index (χ4v) is 2.51. The van der Waals surface area contributed by atoms with E-state index in [0.717, 1.165) is 23.2 Å². The number of hydrogen-bond donors (Lipinski definition) is 1. The zero-order chi connectivity index (χ0) is 12.5. The first-order valence-corrected chi connectivity index (χ1v) is 6.69. The quantitative estimate of drug-likeness (QED) is 0.922. The molecule has 1 N–H and O–H groups in total. The number of halogens is 1. The lowest BCUT2D eigenvalue weighted by Crippen LogP contribution is -2.55. The molecule has 0 saturated carbocycles. The molecule has 3 rings (SSSR count). The van der Waals surface area contributed by atoms with Crippen molar-refractivity contribution in [2.45, 2.75) is 13.0 Å². The molecule has 6 nitrogen and oxygen atoms in total. The number of aryl methyl sites for hydroxylation is 1. The summed E-state index contributed by atoms with van der Waals surface area (Å²) in [4.78, 5) is 10.4. The van der Waals surface area contributed by atoms with Crippen molar-refractivity contribution in [3.8, 4) is 0 Å². The minimum Gasteiger partial charge on any atom is -0.348 e. The molecule has 1 fully saturated rings. The molecule has 94 valence electrons. The Morgan fingerprint density at radius 3 is 2.67 bits per heavy atom. The van der Waals surface area contributed by atoms with Crippen LogP contribution in [0.3, 0.4) is 0 Å². The lowest BCUT2D eigenvalue weighted by atomic mass is 10.1. The summed E-state index contributed by atoms with van der Waals surface area (Å²) >= 11 is 7.34. The molecule has 0 spiro atoms. The zero-order valence-corrected chi connectivity index (χ0v) is 11.2. The van der Waals surface area contributed by atoms with Crippen LogP contribution in [0, 0.1) is 6.92 Å². The van der Waals surface area contributed by atoms with Crippen LogP contribution in [-0.4, -0.2) is 39.3 Å². The first-order valence-electron chi connectivity index (χ1n) is 5.50. The van der Waals surface area contributed by atoms with Gasteiger partial charge >= 0.3 is 0 Å². The average Bonchev–Trinajstić information content (AvgIpc) is 2.72. The van der Waals surface area contributed by atoms with Gasteiger partial charge in [-0.05, 0) is 6.92 Å². The Bertz CT molecular complexity index is 536. The van der Waals surface area contributed by atoms with Crippen molar-refractivity contribution in [1.82, 2.24) is 20.2 Å². The van der Waals surface area contributed by atoms with Crippen molar-refractivity contribution in [3.05, 3.63) is 22.4 Å². The maximum Gasteiger partial charge on any atom is 0.223 e. The van der Waals surface area contributed by atoms with Crippen LogP contribution in [-0.2, 0) is 0 Å². The summed E-state index contributed by atoms with van der Waals surface area (Å²) in [6.07, 6.45) is 3.17. The zero-order valence-electron chi connectivity index (χ0n) is 9.67. The molecule has 1 aliphatic rings. The molecule has 0 radical (unpaired) electrons. The minimum atomic E-state index is 0.343. The van der Waals surface area contributed by atoms with Crippen LogP contribution < -0.4 is 10.2 Å². The van der Waals surface area contributed by atoms with Gasteiger partial charge in [-0.15, -0.1) is 10.2 Å². The SMILES string of the molecule is Cc1nnc(N2CC(Nc3ncc(Cl)cn3)C2)s1. The number of aromatic nitrogens is 4. The van der Waals surface area contributed by atoms with E-state index in [-0.39, 0.29) is 0 Å². The van der Waals surface area contributed by atoms with Crippen molar-refractivity contribution >= 4 is 34.0 Å². The Morgan fingerprint density at radius 2 is 2.06 bits per heavy atom. The van der Waals surface area contributed by atoms with Crippen LogP contribution in [0.2, 0.25) is 5.02 Å². The number of nitrogens with zero attached hydrogens (tertiary/aromatic N) is 5. The number of hydrogen-bond acceptors (Lipinski definition) is 7. The fraction of sp³-hybridized carbons (Fsp3) is 0.400. The highest BCUT2D eigenvalue weighted by Crippen LogP contribution is 2.25. The van der Waals surface area contributed by atoms with E-state index in [0.29, 0.717) is 17.0 Å². The van der Waals surface area contributed by atoms with Gasteiger partial charge in [0.15, 0.2) is 0 Å². The van der Waals surface area contributed by atoms with E-state index < -0.39 is 0 Å². The van der Waals surface area contributed by atoms with Crippen LogP contribution in [0.4, 0.5) is 11.1 Å². The third-order valence-electron chi connectivity index (χ3n) is 2.62. The van der Waals surface area contributed by atoms with Crippen molar-refractivity contribution in [2.75, 3.05) is 23.3 Å². The molecule has 0 aliphatic carbocycles.